The van der Waals surface area contributed by atoms with Gasteiger partial charge in [-0.15, -0.1) is 0 Å². The number of nitrogens with two attached hydrogens (primary N) is 1. The fraction of sp³-hybridized carbons (Fsp3) is 0.455. The van der Waals surface area contributed by atoms with Crippen molar-refractivity contribution >= 4 is 23.1 Å². The molecule has 8 heteroatoms. The Bertz CT molecular complexity index is 619. The largest absolute Gasteiger partial charge is 0.416 e. The van der Waals surface area contributed by atoms with Gasteiger partial charge in [0.25, 0.3) is 0 Å². The number of rotatable bonds is 2. The predicted octanol–water partition coefficient (Wildman–Crippen LogP) is 1.05. The van der Waals surface area contributed by atoms with Gasteiger partial charge in [-0.05, 0) is 13.8 Å². The Hall–Kier alpha value is -2.38. The third kappa shape index (κ3) is 2.42. The van der Waals surface area contributed by atoms with Crippen molar-refractivity contribution in [3.05, 3.63) is 6.20 Å². The van der Waals surface area contributed by atoms with Crippen molar-refractivity contribution < 1.29 is 9.53 Å². The minimum Gasteiger partial charge on any atom is -0.390 e. The van der Waals surface area contributed by atoms with Gasteiger partial charge in [-0.2, -0.15) is 15.1 Å². The molecule has 1 amide bonds. The van der Waals surface area contributed by atoms with Crippen LogP contribution in [0.3, 0.4) is 0 Å². The molecule has 2 aromatic heterocycles. The summed E-state index contributed by atoms with van der Waals surface area (Å²) in [4.78, 5) is 21.0. The van der Waals surface area contributed by atoms with Gasteiger partial charge in [0, 0.05) is 20.1 Å². The zero-order valence-electron chi connectivity index (χ0n) is 11.3. The van der Waals surface area contributed by atoms with Crippen LogP contribution >= 0.6 is 0 Å². The number of amides is 1. The summed E-state index contributed by atoms with van der Waals surface area (Å²) in [5, 5.41) is 4.76. The van der Waals surface area contributed by atoms with Crippen molar-refractivity contribution in [1.29, 1.82) is 0 Å². The first-order valence-corrected chi connectivity index (χ1v) is 5.80. The van der Waals surface area contributed by atoms with Gasteiger partial charge in [0.2, 0.25) is 11.8 Å². The molecule has 0 bridgehead atoms. The molecular weight excluding hydrogens is 248 g/mol. The van der Waals surface area contributed by atoms with E-state index in [-0.39, 0.29) is 17.9 Å². The molecule has 102 valence electrons. The summed E-state index contributed by atoms with van der Waals surface area (Å²) in [6.45, 7) is 3.94. The molecule has 0 fully saturated rings. The van der Waals surface area contributed by atoms with Crippen molar-refractivity contribution in [3.8, 4) is 5.88 Å². The van der Waals surface area contributed by atoms with E-state index < -0.39 is 6.09 Å². The lowest BCUT2D eigenvalue weighted by Crippen LogP contribution is -2.25. The monoisotopic (exact) mass is 264 g/mol. The van der Waals surface area contributed by atoms with Crippen molar-refractivity contribution in [2.45, 2.75) is 19.9 Å². The Labute approximate surface area is 110 Å². The van der Waals surface area contributed by atoms with Crippen LogP contribution in [0, 0.1) is 0 Å². The standard InChI is InChI=1S/C11H16N6O2/c1-6(2)17-8-7(5-13-17)9(15-10(12)14-8)19-11(18)16(3)4/h5-6H,1-4H3,(H2,12,14,15). The van der Waals surface area contributed by atoms with Crippen LogP contribution in [-0.2, 0) is 0 Å². The summed E-state index contributed by atoms with van der Waals surface area (Å²) < 4.78 is 6.86. The minimum absolute atomic E-state index is 0.0384. The van der Waals surface area contributed by atoms with Crippen LogP contribution in [0.2, 0.25) is 0 Å². The van der Waals surface area contributed by atoms with Crippen LogP contribution in [-0.4, -0.2) is 44.8 Å². The molecule has 0 aliphatic heterocycles. The van der Waals surface area contributed by atoms with Crippen molar-refractivity contribution in [2.24, 2.45) is 0 Å². The normalized spacial score (nSPS) is 11.0. The number of fused-ring (bicyclic) bond motifs is 1. The number of ether oxygens (including phenoxy) is 1. The lowest BCUT2D eigenvalue weighted by Gasteiger charge is -2.11. The van der Waals surface area contributed by atoms with Gasteiger partial charge in [-0.3, -0.25) is 0 Å². The molecule has 0 saturated heterocycles. The molecule has 2 rings (SSSR count). The topological polar surface area (TPSA) is 99.2 Å². The number of anilines is 1. The van der Waals surface area contributed by atoms with E-state index in [1.54, 1.807) is 25.0 Å². The third-order valence-electron chi connectivity index (χ3n) is 2.47. The number of aromatic nitrogens is 4. The van der Waals surface area contributed by atoms with E-state index in [0.29, 0.717) is 11.0 Å². The summed E-state index contributed by atoms with van der Waals surface area (Å²) in [6.07, 6.45) is 1.03. The molecule has 0 atom stereocenters. The van der Waals surface area contributed by atoms with Gasteiger partial charge in [0.05, 0.1) is 6.20 Å². The Balaban J connectivity index is 2.52. The molecule has 0 saturated carbocycles. The molecule has 0 aromatic carbocycles. The Morgan fingerprint density at radius 2 is 2.11 bits per heavy atom. The number of hydrogen-bond donors (Lipinski definition) is 1. The quantitative estimate of drug-likeness (QED) is 0.870. The highest BCUT2D eigenvalue weighted by Gasteiger charge is 2.17. The number of nitrogens with zero attached hydrogens (tertiary/aromatic N) is 5. The number of nitrogen functional groups attached to an aromatic ring is 1. The zero-order valence-corrected chi connectivity index (χ0v) is 11.3. The highest BCUT2D eigenvalue weighted by molar-refractivity contribution is 5.84. The van der Waals surface area contributed by atoms with Crippen LogP contribution in [0.1, 0.15) is 19.9 Å². The minimum atomic E-state index is -0.531. The maximum absolute atomic E-state index is 11.6. The van der Waals surface area contributed by atoms with Crippen LogP contribution in [0.25, 0.3) is 11.0 Å². The fourth-order valence-electron chi connectivity index (χ4n) is 1.55. The second kappa shape index (κ2) is 4.71. The summed E-state index contributed by atoms with van der Waals surface area (Å²) in [6, 6.07) is 0.115. The summed E-state index contributed by atoms with van der Waals surface area (Å²) in [5.41, 5.74) is 6.18. The smallest absolute Gasteiger partial charge is 0.390 e. The molecule has 0 spiro atoms. The molecule has 2 aromatic rings. The van der Waals surface area contributed by atoms with Gasteiger partial charge < -0.3 is 15.4 Å². The average molecular weight is 264 g/mol. The zero-order chi connectivity index (χ0) is 14.2. The van der Waals surface area contributed by atoms with Gasteiger partial charge >= 0.3 is 6.09 Å². The molecule has 0 aliphatic carbocycles. The summed E-state index contributed by atoms with van der Waals surface area (Å²) in [5.74, 6) is 0.157. The number of carbonyl (C=O) groups is 1. The molecule has 0 unspecified atom stereocenters. The van der Waals surface area contributed by atoms with E-state index >= 15 is 0 Å². The Morgan fingerprint density at radius 3 is 2.68 bits per heavy atom. The van der Waals surface area contributed by atoms with Crippen molar-refractivity contribution in [2.75, 3.05) is 19.8 Å². The highest BCUT2D eigenvalue weighted by atomic mass is 16.6. The molecule has 0 radical (unpaired) electrons. The van der Waals surface area contributed by atoms with Gasteiger partial charge in [0.1, 0.15) is 5.39 Å². The molecular formula is C11H16N6O2. The fourth-order valence-corrected chi connectivity index (χ4v) is 1.55. The SMILES string of the molecule is CC(C)n1ncc2c(OC(=O)N(C)C)nc(N)nc21. The van der Waals surface area contributed by atoms with Crippen LogP contribution < -0.4 is 10.5 Å². The molecule has 19 heavy (non-hydrogen) atoms. The first kappa shape index (κ1) is 13.1. The summed E-state index contributed by atoms with van der Waals surface area (Å²) >= 11 is 0. The second-order valence-corrected chi connectivity index (χ2v) is 4.57. The van der Waals surface area contributed by atoms with Crippen molar-refractivity contribution in [1.82, 2.24) is 24.6 Å². The van der Waals surface area contributed by atoms with Crippen LogP contribution in [0.5, 0.6) is 5.88 Å². The first-order valence-electron chi connectivity index (χ1n) is 5.80. The van der Waals surface area contributed by atoms with Crippen LogP contribution in [0.15, 0.2) is 6.20 Å². The maximum atomic E-state index is 11.6. The van der Waals surface area contributed by atoms with E-state index in [9.17, 15) is 4.79 Å². The first-order chi connectivity index (χ1) is 8.90. The lowest BCUT2D eigenvalue weighted by atomic mass is 10.4. The predicted molar refractivity (Wildman–Crippen MR) is 69.8 cm³/mol. The number of hydrogen-bond acceptors (Lipinski definition) is 6. The van der Waals surface area contributed by atoms with Crippen LogP contribution in [0.4, 0.5) is 10.7 Å². The van der Waals surface area contributed by atoms with E-state index in [1.165, 1.54) is 4.90 Å². The maximum Gasteiger partial charge on any atom is 0.416 e. The summed E-state index contributed by atoms with van der Waals surface area (Å²) in [7, 11) is 3.17. The van der Waals surface area contributed by atoms with E-state index in [1.807, 2.05) is 13.8 Å². The molecule has 2 N–H and O–H groups in total. The van der Waals surface area contributed by atoms with Crippen molar-refractivity contribution in [3.63, 3.8) is 0 Å². The van der Waals surface area contributed by atoms with Gasteiger partial charge in [-0.1, -0.05) is 0 Å². The average Bonchev–Trinajstić information content (AvgIpc) is 2.72. The van der Waals surface area contributed by atoms with Gasteiger partial charge in [0.15, 0.2) is 5.65 Å². The Morgan fingerprint density at radius 1 is 1.42 bits per heavy atom. The van der Waals surface area contributed by atoms with E-state index in [2.05, 4.69) is 15.1 Å². The lowest BCUT2D eigenvalue weighted by molar-refractivity contribution is 0.170. The Kier molecular flexibility index (Phi) is 3.24. The highest BCUT2D eigenvalue weighted by Crippen LogP contribution is 2.25. The molecule has 2 heterocycles. The molecule has 0 aliphatic rings. The second-order valence-electron chi connectivity index (χ2n) is 4.57. The molecule has 8 nitrogen and oxygen atoms in total. The number of carbonyl (C=O) groups excluding carboxylic acids is 1. The van der Waals surface area contributed by atoms with Gasteiger partial charge in [-0.25, -0.2) is 9.48 Å². The third-order valence-corrected chi connectivity index (χ3v) is 2.47. The van der Waals surface area contributed by atoms with E-state index in [0.717, 1.165) is 0 Å². The van der Waals surface area contributed by atoms with E-state index in [4.69, 9.17) is 10.5 Å².